The monoisotopic (exact) mass is 422 g/mol. The Bertz CT molecular complexity index is 1170. The van der Waals surface area contributed by atoms with Crippen molar-refractivity contribution in [3.8, 4) is 11.8 Å². The second kappa shape index (κ2) is 8.37. The Morgan fingerprint density at radius 3 is 1.67 bits per heavy atom. The molecule has 30 heavy (non-hydrogen) atoms. The molecule has 0 atom stereocenters. The van der Waals surface area contributed by atoms with Crippen LogP contribution in [0.4, 0.5) is 42.1 Å². The summed E-state index contributed by atoms with van der Waals surface area (Å²) in [5, 5.41) is 6.51. The van der Waals surface area contributed by atoms with Crippen LogP contribution < -0.4 is 0 Å². The van der Waals surface area contributed by atoms with E-state index in [1.165, 1.54) is 6.92 Å². The number of aryl methyl sites for hydroxylation is 1. The second-order valence-corrected chi connectivity index (χ2v) is 6.07. The number of rotatable bonds is 2. The molecule has 0 aromatic heterocycles. The molecule has 0 aliphatic rings. The fraction of sp³-hybridized carbons (Fsp3) is 0.0476. The van der Waals surface area contributed by atoms with Gasteiger partial charge >= 0.3 is 0 Å². The molecule has 2 nitrogen and oxygen atoms in total. The summed E-state index contributed by atoms with van der Waals surface area (Å²) in [6, 6.07) is 4.56. The van der Waals surface area contributed by atoms with E-state index in [-0.39, 0.29) is 5.56 Å². The lowest BCUT2D eigenvalue weighted by Crippen LogP contribution is -1.92. The molecule has 0 bridgehead atoms. The summed E-state index contributed by atoms with van der Waals surface area (Å²) >= 11 is 0. The highest BCUT2D eigenvalue weighted by Gasteiger charge is 2.13. The lowest BCUT2D eigenvalue weighted by Gasteiger charge is -2.01. The van der Waals surface area contributed by atoms with Gasteiger partial charge in [0.2, 0.25) is 0 Å². The minimum atomic E-state index is -1.73. The Hall–Kier alpha value is -3.67. The van der Waals surface area contributed by atoms with Crippen molar-refractivity contribution in [2.24, 2.45) is 10.2 Å². The average molecular weight is 422 g/mol. The van der Waals surface area contributed by atoms with Crippen molar-refractivity contribution in [3.05, 3.63) is 93.8 Å². The van der Waals surface area contributed by atoms with Crippen LogP contribution in [-0.4, -0.2) is 0 Å². The number of hydrogen-bond acceptors (Lipinski definition) is 2. The molecule has 0 N–H and O–H groups in total. The fourth-order valence-corrected chi connectivity index (χ4v) is 2.39. The van der Waals surface area contributed by atoms with Crippen molar-refractivity contribution in [2.75, 3.05) is 0 Å². The maximum absolute atomic E-state index is 14.2. The number of hydrogen-bond donors (Lipinski definition) is 0. The van der Waals surface area contributed by atoms with Crippen LogP contribution in [0.25, 0.3) is 0 Å². The molecule has 0 aliphatic heterocycles. The molecule has 0 saturated heterocycles. The second-order valence-electron chi connectivity index (χ2n) is 6.07. The van der Waals surface area contributed by atoms with Crippen molar-refractivity contribution in [1.82, 2.24) is 0 Å². The van der Waals surface area contributed by atoms with Crippen LogP contribution >= 0.6 is 0 Å². The van der Waals surface area contributed by atoms with Gasteiger partial charge in [-0.1, -0.05) is 11.8 Å². The number of nitrogens with zero attached hydrogens (tertiary/aromatic N) is 2. The van der Waals surface area contributed by atoms with Gasteiger partial charge in [-0.15, -0.1) is 5.11 Å². The van der Waals surface area contributed by atoms with E-state index in [9.17, 15) is 30.7 Å². The molecule has 3 rings (SSSR count). The first-order valence-corrected chi connectivity index (χ1v) is 8.18. The van der Waals surface area contributed by atoms with Crippen molar-refractivity contribution in [2.45, 2.75) is 6.92 Å². The normalized spacial score (nSPS) is 10.9. The van der Waals surface area contributed by atoms with Crippen LogP contribution in [0.1, 0.15) is 16.7 Å². The quantitative estimate of drug-likeness (QED) is 0.188. The van der Waals surface area contributed by atoms with Crippen LogP contribution in [0.5, 0.6) is 0 Å². The molecule has 152 valence electrons. The molecule has 9 heteroatoms. The molecule has 0 spiro atoms. The van der Waals surface area contributed by atoms with E-state index in [0.717, 1.165) is 24.3 Å². The molecular weight excluding hydrogens is 413 g/mol. The molecule has 0 fully saturated rings. The Kier molecular flexibility index (Phi) is 5.87. The van der Waals surface area contributed by atoms with Gasteiger partial charge in [0.1, 0.15) is 11.6 Å². The minimum absolute atomic E-state index is 0.248. The van der Waals surface area contributed by atoms with Crippen molar-refractivity contribution in [1.29, 1.82) is 0 Å². The molecule has 0 amide bonds. The van der Waals surface area contributed by atoms with Crippen molar-refractivity contribution in [3.63, 3.8) is 0 Å². The summed E-state index contributed by atoms with van der Waals surface area (Å²) in [6.45, 7) is 1.48. The topological polar surface area (TPSA) is 24.7 Å². The van der Waals surface area contributed by atoms with Gasteiger partial charge in [-0.2, -0.15) is 5.11 Å². The Morgan fingerprint density at radius 1 is 0.600 bits per heavy atom. The Morgan fingerprint density at radius 2 is 1.13 bits per heavy atom. The van der Waals surface area contributed by atoms with Crippen LogP contribution in [0, 0.1) is 59.5 Å². The van der Waals surface area contributed by atoms with Gasteiger partial charge in [-0.3, -0.25) is 0 Å². The predicted molar refractivity (Wildman–Crippen MR) is 93.9 cm³/mol. The molecular formula is C21H9F7N2. The zero-order valence-corrected chi connectivity index (χ0v) is 15.0. The number of benzene rings is 3. The van der Waals surface area contributed by atoms with Gasteiger partial charge in [0.15, 0.2) is 34.8 Å². The first kappa shape index (κ1) is 21.0. The summed E-state index contributed by atoms with van der Waals surface area (Å²) in [5.74, 6) is -4.75. The highest BCUT2D eigenvalue weighted by molar-refractivity contribution is 5.50. The SMILES string of the molecule is Cc1cc(F)c(C#Cc2cc(F)c(N=Nc3cc(F)c(F)c(F)c3)c(F)c2)c(F)c1. The van der Waals surface area contributed by atoms with Crippen molar-refractivity contribution >= 4 is 11.4 Å². The summed E-state index contributed by atoms with van der Waals surface area (Å²) in [5.41, 5.74) is -1.89. The third kappa shape index (κ3) is 4.49. The lowest BCUT2D eigenvalue weighted by atomic mass is 10.1. The van der Waals surface area contributed by atoms with E-state index in [0.29, 0.717) is 17.7 Å². The number of halogens is 7. The van der Waals surface area contributed by atoms with Crippen LogP contribution in [0.15, 0.2) is 46.6 Å². The van der Waals surface area contributed by atoms with Crippen LogP contribution in [-0.2, 0) is 0 Å². The first-order valence-electron chi connectivity index (χ1n) is 8.18. The molecule has 0 saturated carbocycles. The number of azo groups is 1. The Balaban J connectivity index is 1.92. The van der Waals surface area contributed by atoms with Gasteiger partial charge in [-0.05, 0) is 36.8 Å². The largest absolute Gasteiger partial charge is 0.206 e. The molecule has 0 aliphatic carbocycles. The summed E-state index contributed by atoms with van der Waals surface area (Å²) in [6.07, 6.45) is 0. The minimum Gasteiger partial charge on any atom is -0.206 e. The van der Waals surface area contributed by atoms with E-state index in [1.54, 1.807) is 0 Å². The van der Waals surface area contributed by atoms with Gasteiger partial charge in [-0.25, -0.2) is 30.7 Å². The molecule has 3 aromatic rings. The Labute approximate surface area is 165 Å². The molecule has 0 unspecified atom stereocenters. The van der Waals surface area contributed by atoms with Gasteiger partial charge < -0.3 is 0 Å². The summed E-state index contributed by atoms with van der Waals surface area (Å²) in [4.78, 5) is 0. The molecule has 0 radical (unpaired) electrons. The molecule has 0 heterocycles. The lowest BCUT2D eigenvalue weighted by molar-refractivity contribution is 0.447. The smallest absolute Gasteiger partial charge is 0.194 e. The summed E-state index contributed by atoms with van der Waals surface area (Å²) in [7, 11) is 0. The average Bonchev–Trinajstić information content (AvgIpc) is 2.64. The van der Waals surface area contributed by atoms with Crippen molar-refractivity contribution < 1.29 is 30.7 Å². The zero-order valence-electron chi connectivity index (χ0n) is 15.0. The highest BCUT2D eigenvalue weighted by Crippen LogP contribution is 2.27. The summed E-state index contributed by atoms with van der Waals surface area (Å²) < 4.78 is 95.1. The van der Waals surface area contributed by atoms with E-state index < -0.39 is 57.7 Å². The zero-order chi connectivity index (χ0) is 22.0. The maximum atomic E-state index is 14.2. The highest BCUT2D eigenvalue weighted by atomic mass is 19.2. The van der Waals surface area contributed by atoms with Gasteiger partial charge in [0.25, 0.3) is 0 Å². The first-order chi connectivity index (χ1) is 14.2. The van der Waals surface area contributed by atoms with E-state index in [4.69, 9.17) is 0 Å². The van der Waals surface area contributed by atoms with E-state index in [1.807, 2.05) is 0 Å². The maximum Gasteiger partial charge on any atom is 0.194 e. The predicted octanol–water partition coefficient (Wildman–Crippen LogP) is 6.78. The van der Waals surface area contributed by atoms with Gasteiger partial charge in [0, 0.05) is 17.7 Å². The van der Waals surface area contributed by atoms with E-state index >= 15 is 0 Å². The fourth-order valence-electron chi connectivity index (χ4n) is 2.39. The van der Waals surface area contributed by atoms with Crippen LogP contribution in [0.2, 0.25) is 0 Å². The third-order valence-corrected chi connectivity index (χ3v) is 3.77. The standard InChI is InChI=1S/C21H9F7N2/c1-10-4-14(22)13(15(23)5-10)3-2-11-6-18(26)21(19(27)7-11)30-29-12-8-16(24)20(28)17(25)9-12/h4-9H,1H3. The van der Waals surface area contributed by atoms with Gasteiger partial charge in [0.05, 0.1) is 11.3 Å². The third-order valence-electron chi connectivity index (χ3n) is 3.77. The molecule has 3 aromatic carbocycles. The van der Waals surface area contributed by atoms with Crippen LogP contribution in [0.3, 0.4) is 0 Å². The van der Waals surface area contributed by atoms with E-state index in [2.05, 4.69) is 22.1 Å².